The molecule has 0 saturated carbocycles. The lowest BCUT2D eigenvalue weighted by atomic mass is 9.97. The molecule has 0 bridgehead atoms. The molecule has 2 aromatic rings. The van der Waals surface area contributed by atoms with E-state index in [4.69, 9.17) is 23.0 Å². The molecular weight excluding hydrogens is 374 g/mol. The zero-order chi connectivity index (χ0) is 20.5. The SMILES string of the molecule is CCN(C(=O)OCc1oc(=O)oc1C)C(C)C(O)(O)c1ccc2c(c1)OCO2. The Labute approximate surface area is 159 Å². The van der Waals surface area contributed by atoms with Gasteiger partial charge in [0.05, 0.1) is 6.04 Å². The number of nitrogens with zero attached hydrogens (tertiary/aromatic N) is 1. The molecule has 0 saturated heterocycles. The fourth-order valence-electron chi connectivity index (χ4n) is 2.86. The summed E-state index contributed by atoms with van der Waals surface area (Å²) in [6.45, 7) is 4.50. The summed E-state index contributed by atoms with van der Waals surface area (Å²) in [5.41, 5.74) is 0.132. The molecule has 10 heteroatoms. The van der Waals surface area contributed by atoms with Crippen molar-refractivity contribution >= 4 is 6.09 Å². The van der Waals surface area contributed by atoms with Crippen molar-refractivity contribution < 1.29 is 38.1 Å². The number of hydrogen-bond acceptors (Lipinski definition) is 9. The zero-order valence-corrected chi connectivity index (χ0v) is 15.6. The van der Waals surface area contributed by atoms with Crippen LogP contribution in [0.15, 0.2) is 31.8 Å². The summed E-state index contributed by atoms with van der Waals surface area (Å²) in [5.74, 6) is -2.11. The van der Waals surface area contributed by atoms with Crippen molar-refractivity contribution in [1.82, 2.24) is 4.90 Å². The normalized spacial score (nSPS) is 14.0. The van der Waals surface area contributed by atoms with Crippen molar-refractivity contribution in [3.8, 4) is 11.5 Å². The van der Waals surface area contributed by atoms with Gasteiger partial charge in [-0.25, -0.2) is 9.59 Å². The number of aryl methyl sites for hydroxylation is 1. The van der Waals surface area contributed by atoms with Gasteiger partial charge in [-0.15, -0.1) is 0 Å². The summed E-state index contributed by atoms with van der Waals surface area (Å²) in [6.07, 6.45) is -0.813. The van der Waals surface area contributed by atoms with E-state index in [0.29, 0.717) is 11.5 Å². The van der Waals surface area contributed by atoms with E-state index in [-0.39, 0.29) is 37.0 Å². The molecule has 0 spiro atoms. The van der Waals surface area contributed by atoms with Crippen LogP contribution in [-0.2, 0) is 17.1 Å². The molecule has 28 heavy (non-hydrogen) atoms. The van der Waals surface area contributed by atoms with Crippen LogP contribution >= 0.6 is 0 Å². The van der Waals surface area contributed by atoms with E-state index in [1.54, 1.807) is 13.0 Å². The second-order valence-corrected chi connectivity index (χ2v) is 6.24. The third-order valence-electron chi connectivity index (χ3n) is 4.59. The average molecular weight is 395 g/mol. The van der Waals surface area contributed by atoms with Crippen LogP contribution in [0.1, 0.15) is 30.9 Å². The standard InChI is InChI=1S/C18H21NO9/c1-4-19(16(20)24-8-15-10(2)27-17(21)28-15)11(3)18(22,23)12-5-6-13-14(7-12)26-9-25-13/h5-7,11,22-23H,4,8-9H2,1-3H3. The smallest absolute Gasteiger partial charge is 0.454 e. The van der Waals surface area contributed by atoms with E-state index in [2.05, 4.69) is 0 Å². The summed E-state index contributed by atoms with van der Waals surface area (Å²) in [5, 5.41) is 21.4. The molecule has 10 nitrogen and oxygen atoms in total. The molecule has 1 aromatic carbocycles. The molecule has 0 radical (unpaired) electrons. The molecule has 0 aliphatic carbocycles. The van der Waals surface area contributed by atoms with Gasteiger partial charge in [0.2, 0.25) is 12.6 Å². The predicted molar refractivity (Wildman–Crippen MR) is 92.7 cm³/mol. The van der Waals surface area contributed by atoms with Gasteiger partial charge in [0.25, 0.3) is 0 Å². The minimum atomic E-state index is -2.38. The number of rotatable bonds is 6. The molecule has 1 aliphatic heterocycles. The monoisotopic (exact) mass is 395 g/mol. The largest absolute Gasteiger partial charge is 0.519 e. The maximum atomic E-state index is 12.5. The average Bonchev–Trinajstić information content (AvgIpc) is 3.25. The van der Waals surface area contributed by atoms with Gasteiger partial charge in [0.15, 0.2) is 29.6 Å². The van der Waals surface area contributed by atoms with Crippen LogP contribution in [0.4, 0.5) is 4.79 Å². The van der Waals surface area contributed by atoms with Crippen LogP contribution in [0.3, 0.4) is 0 Å². The van der Waals surface area contributed by atoms with Gasteiger partial charge in [-0.05, 0) is 39.0 Å². The fraction of sp³-hybridized carbons (Fsp3) is 0.444. The van der Waals surface area contributed by atoms with Gasteiger partial charge in [-0.1, -0.05) is 0 Å². The number of hydrogen-bond donors (Lipinski definition) is 2. The summed E-state index contributed by atoms with van der Waals surface area (Å²) in [4.78, 5) is 24.6. The summed E-state index contributed by atoms with van der Waals surface area (Å²) in [6, 6.07) is 3.42. The first-order chi connectivity index (χ1) is 13.2. The van der Waals surface area contributed by atoms with Crippen molar-refractivity contribution in [2.75, 3.05) is 13.3 Å². The molecule has 1 unspecified atom stereocenters. The summed E-state index contributed by atoms with van der Waals surface area (Å²) >= 11 is 0. The predicted octanol–water partition coefficient (Wildman–Crippen LogP) is 1.45. The highest BCUT2D eigenvalue weighted by molar-refractivity contribution is 5.68. The summed E-state index contributed by atoms with van der Waals surface area (Å²) in [7, 11) is 0. The fourth-order valence-corrected chi connectivity index (χ4v) is 2.86. The number of benzene rings is 1. The quantitative estimate of drug-likeness (QED) is 0.698. The highest BCUT2D eigenvalue weighted by atomic mass is 16.7. The van der Waals surface area contributed by atoms with Crippen LogP contribution < -0.4 is 15.3 Å². The lowest BCUT2D eigenvalue weighted by Crippen LogP contribution is -2.51. The molecule has 1 atom stereocenters. The van der Waals surface area contributed by atoms with Crippen LogP contribution in [0, 0.1) is 6.92 Å². The van der Waals surface area contributed by atoms with Gasteiger partial charge < -0.3 is 33.3 Å². The summed E-state index contributed by atoms with van der Waals surface area (Å²) < 4.78 is 25.1. The zero-order valence-electron chi connectivity index (χ0n) is 15.6. The van der Waals surface area contributed by atoms with Gasteiger partial charge >= 0.3 is 11.9 Å². The number of likely N-dealkylation sites (N-methyl/N-ethyl adjacent to an activating group) is 1. The molecule has 1 amide bonds. The number of ether oxygens (including phenoxy) is 3. The Hall–Kier alpha value is -2.98. The molecule has 0 fully saturated rings. The van der Waals surface area contributed by atoms with Gasteiger partial charge in [-0.2, -0.15) is 0 Å². The van der Waals surface area contributed by atoms with Crippen LogP contribution in [-0.4, -0.2) is 40.6 Å². The molecule has 2 heterocycles. The Balaban J connectivity index is 1.73. The maximum Gasteiger partial charge on any atom is 0.519 e. The van der Waals surface area contributed by atoms with Crippen LogP contribution in [0.5, 0.6) is 11.5 Å². The van der Waals surface area contributed by atoms with E-state index in [9.17, 15) is 19.8 Å². The lowest BCUT2D eigenvalue weighted by Gasteiger charge is -2.36. The minimum absolute atomic E-state index is 0.0508. The van der Waals surface area contributed by atoms with Gasteiger partial charge in [0, 0.05) is 12.1 Å². The number of carbonyl (C=O) groups is 1. The second kappa shape index (κ2) is 7.56. The number of fused-ring (bicyclic) bond motifs is 1. The van der Waals surface area contributed by atoms with E-state index in [1.165, 1.54) is 26.0 Å². The Morgan fingerprint density at radius 2 is 2.00 bits per heavy atom. The van der Waals surface area contributed by atoms with Gasteiger partial charge in [-0.3, -0.25) is 4.90 Å². The van der Waals surface area contributed by atoms with Crippen molar-refractivity contribution in [2.24, 2.45) is 0 Å². The van der Waals surface area contributed by atoms with E-state index < -0.39 is 23.7 Å². The topological polar surface area (TPSA) is 132 Å². The third kappa shape index (κ3) is 3.69. The van der Waals surface area contributed by atoms with Crippen molar-refractivity contribution in [2.45, 2.75) is 39.2 Å². The Morgan fingerprint density at radius 3 is 2.64 bits per heavy atom. The first-order valence-corrected chi connectivity index (χ1v) is 8.61. The molecular formula is C18H21NO9. The van der Waals surface area contributed by atoms with Gasteiger partial charge in [0.1, 0.15) is 0 Å². The van der Waals surface area contributed by atoms with Crippen molar-refractivity contribution in [3.63, 3.8) is 0 Å². The Kier molecular flexibility index (Phi) is 5.34. The molecule has 2 N–H and O–H groups in total. The Morgan fingerprint density at radius 1 is 1.29 bits per heavy atom. The number of aliphatic hydroxyl groups is 2. The van der Waals surface area contributed by atoms with E-state index in [1.807, 2.05) is 0 Å². The number of amides is 1. The molecule has 152 valence electrons. The molecule has 1 aromatic heterocycles. The molecule has 3 rings (SSSR count). The van der Waals surface area contributed by atoms with E-state index >= 15 is 0 Å². The maximum absolute atomic E-state index is 12.5. The van der Waals surface area contributed by atoms with E-state index in [0.717, 1.165) is 4.90 Å². The second-order valence-electron chi connectivity index (χ2n) is 6.24. The lowest BCUT2D eigenvalue weighted by molar-refractivity contribution is -0.207. The Bertz CT molecular complexity index is 914. The van der Waals surface area contributed by atoms with Crippen LogP contribution in [0.25, 0.3) is 0 Å². The van der Waals surface area contributed by atoms with Crippen molar-refractivity contribution in [3.05, 3.63) is 45.9 Å². The van der Waals surface area contributed by atoms with Crippen LogP contribution in [0.2, 0.25) is 0 Å². The third-order valence-corrected chi connectivity index (χ3v) is 4.59. The van der Waals surface area contributed by atoms with Crippen molar-refractivity contribution in [1.29, 1.82) is 0 Å². The highest BCUT2D eigenvalue weighted by Crippen LogP contribution is 2.36. The highest BCUT2D eigenvalue weighted by Gasteiger charge is 2.40. The number of carbonyl (C=O) groups excluding carboxylic acids is 1. The first kappa shape index (κ1) is 19.8. The minimum Gasteiger partial charge on any atom is -0.454 e. The first-order valence-electron chi connectivity index (χ1n) is 8.61. The molecule has 1 aliphatic rings.